The first kappa shape index (κ1) is 18.8. The van der Waals surface area contributed by atoms with Gasteiger partial charge in [-0.15, -0.1) is 0 Å². The van der Waals surface area contributed by atoms with E-state index in [2.05, 4.69) is 21.9 Å². The van der Waals surface area contributed by atoms with E-state index in [0.29, 0.717) is 11.6 Å². The second-order valence-electron chi connectivity index (χ2n) is 8.16. The van der Waals surface area contributed by atoms with Crippen LogP contribution in [0.5, 0.6) is 0 Å². The van der Waals surface area contributed by atoms with E-state index < -0.39 is 0 Å². The monoisotopic (exact) mass is 403 g/mol. The molecular weight excluding hydrogens is 378 g/mol. The van der Waals surface area contributed by atoms with Crippen LogP contribution in [0.4, 0.5) is 0 Å². The van der Waals surface area contributed by atoms with E-state index in [0.717, 1.165) is 53.8 Å². The summed E-state index contributed by atoms with van der Waals surface area (Å²) >= 11 is 0. The molecule has 30 heavy (non-hydrogen) atoms. The van der Waals surface area contributed by atoms with Crippen LogP contribution < -0.4 is 0 Å². The van der Waals surface area contributed by atoms with Gasteiger partial charge in [0.25, 0.3) is 5.91 Å². The lowest BCUT2D eigenvalue weighted by molar-refractivity contribution is 0.0652. The minimum atomic E-state index is 0.0109. The largest absolute Gasteiger partial charge is 0.441 e. The molecule has 1 aromatic carbocycles. The van der Waals surface area contributed by atoms with Crippen molar-refractivity contribution in [3.8, 4) is 11.1 Å². The maximum absolute atomic E-state index is 13.3. The van der Waals surface area contributed by atoms with E-state index in [1.165, 1.54) is 0 Å². The summed E-state index contributed by atoms with van der Waals surface area (Å²) in [6, 6.07) is 10.2. The Morgan fingerprint density at radius 3 is 2.73 bits per heavy atom. The maximum atomic E-state index is 13.3. The first-order valence-corrected chi connectivity index (χ1v) is 10.3. The third-order valence-corrected chi connectivity index (χ3v) is 6.11. The van der Waals surface area contributed by atoms with Gasteiger partial charge in [0.2, 0.25) is 0 Å². The number of pyridine rings is 1. The highest BCUT2D eigenvalue weighted by Crippen LogP contribution is 2.26. The van der Waals surface area contributed by atoms with Crippen LogP contribution in [0.15, 0.2) is 47.1 Å². The van der Waals surface area contributed by atoms with Gasteiger partial charge in [0.05, 0.1) is 6.20 Å². The summed E-state index contributed by atoms with van der Waals surface area (Å²) in [6.07, 6.45) is 5.65. The molecule has 0 atom stereocenters. The van der Waals surface area contributed by atoms with E-state index >= 15 is 0 Å². The number of imidazole rings is 1. The number of nitrogens with zero attached hydrogens (tertiary/aromatic N) is 5. The van der Waals surface area contributed by atoms with E-state index in [1.807, 2.05) is 59.8 Å². The lowest BCUT2D eigenvalue weighted by Gasteiger charge is -2.35. The summed E-state index contributed by atoms with van der Waals surface area (Å²) in [7, 11) is 4.03. The van der Waals surface area contributed by atoms with Crippen molar-refractivity contribution in [2.75, 3.05) is 27.2 Å². The van der Waals surface area contributed by atoms with E-state index in [4.69, 9.17) is 4.42 Å². The number of hydrogen-bond donors (Lipinski definition) is 0. The van der Waals surface area contributed by atoms with Crippen molar-refractivity contribution in [2.45, 2.75) is 25.8 Å². The van der Waals surface area contributed by atoms with E-state index in [-0.39, 0.29) is 11.9 Å². The highest BCUT2D eigenvalue weighted by atomic mass is 16.3. The number of hydrogen-bond acceptors (Lipinski definition) is 5. The van der Waals surface area contributed by atoms with Gasteiger partial charge < -0.3 is 14.2 Å². The Balaban J connectivity index is 1.48. The highest BCUT2D eigenvalue weighted by molar-refractivity contribution is 5.93. The Morgan fingerprint density at radius 2 is 1.93 bits per heavy atom. The van der Waals surface area contributed by atoms with Gasteiger partial charge in [-0.2, -0.15) is 0 Å². The summed E-state index contributed by atoms with van der Waals surface area (Å²) in [5.41, 5.74) is 4.97. The van der Waals surface area contributed by atoms with Crippen LogP contribution in [0.1, 0.15) is 29.2 Å². The highest BCUT2D eigenvalue weighted by Gasteiger charge is 2.26. The molecule has 0 unspecified atom stereocenters. The predicted molar refractivity (Wildman–Crippen MR) is 116 cm³/mol. The number of carbonyl (C=O) groups excluding carboxylic acids is 1. The number of fused-ring (bicyclic) bond motifs is 2. The van der Waals surface area contributed by atoms with Crippen LogP contribution in [-0.2, 0) is 0 Å². The summed E-state index contributed by atoms with van der Waals surface area (Å²) in [6.45, 7) is 3.88. The van der Waals surface area contributed by atoms with Crippen molar-refractivity contribution in [2.24, 2.45) is 0 Å². The zero-order valence-electron chi connectivity index (χ0n) is 17.5. The van der Waals surface area contributed by atoms with E-state index in [9.17, 15) is 4.79 Å². The first-order valence-electron chi connectivity index (χ1n) is 10.3. The number of amides is 1. The number of rotatable bonds is 3. The zero-order valence-corrected chi connectivity index (χ0v) is 17.5. The molecule has 0 aliphatic carbocycles. The lowest BCUT2D eigenvalue weighted by Crippen LogP contribution is -2.44. The van der Waals surface area contributed by atoms with Crippen LogP contribution >= 0.6 is 0 Å². The Labute approximate surface area is 174 Å². The molecule has 0 spiro atoms. The van der Waals surface area contributed by atoms with Crippen molar-refractivity contribution in [3.05, 3.63) is 54.3 Å². The van der Waals surface area contributed by atoms with E-state index in [1.54, 1.807) is 6.20 Å². The van der Waals surface area contributed by atoms with Crippen molar-refractivity contribution in [1.82, 2.24) is 24.2 Å². The quantitative estimate of drug-likeness (QED) is 0.523. The van der Waals surface area contributed by atoms with Crippen LogP contribution in [0.2, 0.25) is 0 Å². The Kier molecular flexibility index (Phi) is 4.55. The van der Waals surface area contributed by atoms with Crippen LogP contribution in [0.25, 0.3) is 27.9 Å². The topological polar surface area (TPSA) is 66.9 Å². The number of likely N-dealkylation sites (tertiary alicyclic amines) is 1. The molecule has 0 radical (unpaired) electrons. The van der Waals surface area contributed by atoms with Crippen molar-refractivity contribution >= 4 is 22.7 Å². The molecule has 7 heteroatoms. The average molecular weight is 403 g/mol. The number of carbonyl (C=O) groups is 1. The Morgan fingerprint density at radius 1 is 1.17 bits per heavy atom. The lowest BCUT2D eigenvalue weighted by atomic mass is 10.0. The number of benzene rings is 1. The van der Waals surface area contributed by atoms with Crippen molar-refractivity contribution in [3.63, 3.8) is 0 Å². The zero-order chi connectivity index (χ0) is 20.8. The normalized spacial score (nSPS) is 15.8. The fourth-order valence-electron chi connectivity index (χ4n) is 4.26. The summed E-state index contributed by atoms with van der Waals surface area (Å²) in [5, 5.41) is 0. The Hall–Kier alpha value is -3.19. The van der Waals surface area contributed by atoms with Gasteiger partial charge in [0.1, 0.15) is 16.9 Å². The van der Waals surface area contributed by atoms with Gasteiger partial charge >= 0.3 is 0 Å². The third kappa shape index (κ3) is 3.25. The standard InChI is InChI=1S/C23H25N5O2/c1-15-25-19-12-16(4-6-21(19)30-15)17-5-7-22-24-13-20(28(22)14-17)23(29)27(3)18-8-10-26(2)11-9-18/h4-7,12-14,18H,8-11H2,1-3H3. The van der Waals surface area contributed by atoms with Gasteiger partial charge in [0, 0.05) is 26.2 Å². The molecule has 4 aromatic rings. The average Bonchev–Trinajstić information content (AvgIpc) is 3.34. The molecule has 0 saturated carbocycles. The molecule has 0 bridgehead atoms. The molecule has 0 N–H and O–H groups in total. The van der Waals surface area contributed by atoms with Crippen LogP contribution in [0.3, 0.4) is 0 Å². The maximum Gasteiger partial charge on any atom is 0.272 e. The van der Waals surface area contributed by atoms with Gasteiger partial charge in [-0.1, -0.05) is 6.07 Å². The number of aryl methyl sites for hydroxylation is 1. The Bertz CT molecular complexity index is 1230. The fourth-order valence-corrected chi connectivity index (χ4v) is 4.26. The molecular formula is C23H25N5O2. The molecule has 1 aliphatic rings. The minimum Gasteiger partial charge on any atom is -0.441 e. The first-order chi connectivity index (χ1) is 14.5. The van der Waals surface area contributed by atoms with Gasteiger partial charge in [-0.05, 0) is 68.4 Å². The number of oxazole rings is 1. The van der Waals surface area contributed by atoms with Crippen LogP contribution in [0, 0.1) is 6.92 Å². The molecule has 3 aromatic heterocycles. The predicted octanol–water partition coefficient (Wildman–Crippen LogP) is 3.62. The molecule has 1 fully saturated rings. The number of aromatic nitrogens is 3. The summed E-state index contributed by atoms with van der Waals surface area (Å²) < 4.78 is 7.47. The molecule has 7 nitrogen and oxygen atoms in total. The van der Waals surface area contributed by atoms with Gasteiger partial charge in [0.15, 0.2) is 11.5 Å². The molecule has 154 valence electrons. The molecule has 1 amide bonds. The van der Waals surface area contributed by atoms with Crippen molar-refractivity contribution in [1.29, 1.82) is 0 Å². The molecule has 5 rings (SSSR count). The fraction of sp³-hybridized carbons (Fsp3) is 0.348. The van der Waals surface area contributed by atoms with Crippen LogP contribution in [-0.4, -0.2) is 63.3 Å². The SMILES string of the molecule is Cc1nc2cc(-c3ccc4ncc(C(=O)N(C)C5CCN(C)CC5)n4c3)ccc2o1. The molecule has 1 saturated heterocycles. The van der Waals surface area contributed by atoms with Gasteiger partial charge in [-0.3, -0.25) is 9.20 Å². The number of piperidine rings is 1. The summed E-state index contributed by atoms with van der Waals surface area (Å²) in [5.74, 6) is 0.661. The van der Waals surface area contributed by atoms with Crippen molar-refractivity contribution < 1.29 is 9.21 Å². The third-order valence-electron chi connectivity index (χ3n) is 6.11. The minimum absolute atomic E-state index is 0.0109. The molecule has 1 aliphatic heterocycles. The summed E-state index contributed by atoms with van der Waals surface area (Å²) in [4.78, 5) is 26.3. The second-order valence-corrected chi connectivity index (χ2v) is 8.16. The molecule has 4 heterocycles. The van der Waals surface area contributed by atoms with Gasteiger partial charge in [-0.25, -0.2) is 9.97 Å². The smallest absolute Gasteiger partial charge is 0.272 e. The second kappa shape index (κ2) is 7.25.